The summed E-state index contributed by atoms with van der Waals surface area (Å²) in [6.07, 6.45) is 2.98. The summed E-state index contributed by atoms with van der Waals surface area (Å²) in [5.74, 6) is -0.439. The van der Waals surface area contributed by atoms with Gasteiger partial charge in [-0.25, -0.2) is 22.8 Å². The van der Waals surface area contributed by atoms with Gasteiger partial charge in [0, 0.05) is 19.2 Å². The van der Waals surface area contributed by atoms with Crippen LogP contribution in [0.15, 0.2) is 35.5 Å². The van der Waals surface area contributed by atoms with E-state index in [9.17, 15) is 13.2 Å². The van der Waals surface area contributed by atoms with E-state index in [2.05, 4.69) is 14.8 Å². The zero-order valence-electron chi connectivity index (χ0n) is 11.9. The molecule has 0 unspecified atom stereocenters. The molecule has 2 aromatic heterocycles. The largest absolute Gasteiger partial charge is 0.481 e. The maximum atomic E-state index is 12.2. The first-order valence-electron chi connectivity index (χ1n) is 6.59. The molecule has 2 N–H and O–H groups in total. The molecule has 0 amide bonds. The van der Waals surface area contributed by atoms with Crippen molar-refractivity contribution in [3.63, 3.8) is 0 Å². The van der Waals surface area contributed by atoms with Crippen molar-refractivity contribution in [2.24, 2.45) is 0 Å². The van der Waals surface area contributed by atoms with Gasteiger partial charge in [-0.15, -0.1) is 0 Å². The van der Waals surface area contributed by atoms with Crippen molar-refractivity contribution in [1.82, 2.24) is 19.5 Å². The number of rotatable bonds is 7. The molecule has 118 valence electrons. The molecule has 0 aliphatic heterocycles. The number of aromatic nitrogens is 3. The van der Waals surface area contributed by atoms with E-state index in [0.717, 1.165) is 0 Å². The van der Waals surface area contributed by atoms with Crippen LogP contribution in [0.5, 0.6) is 0 Å². The van der Waals surface area contributed by atoms with E-state index in [1.807, 2.05) is 0 Å². The zero-order valence-corrected chi connectivity index (χ0v) is 12.7. The number of pyridine rings is 1. The lowest BCUT2D eigenvalue weighted by Crippen LogP contribution is -2.25. The number of carbonyl (C=O) groups is 1. The van der Waals surface area contributed by atoms with Gasteiger partial charge < -0.3 is 5.11 Å². The van der Waals surface area contributed by atoms with E-state index in [-0.39, 0.29) is 24.3 Å². The van der Waals surface area contributed by atoms with E-state index in [4.69, 9.17) is 5.11 Å². The van der Waals surface area contributed by atoms with Crippen LogP contribution in [0.4, 0.5) is 0 Å². The van der Waals surface area contributed by atoms with Gasteiger partial charge in [-0.3, -0.25) is 4.79 Å². The fourth-order valence-corrected chi connectivity index (χ4v) is 3.12. The molecule has 0 radical (unpaired) electrons. The summed E-state index contributed by atoms with van der Waals surface area (Å²) in [5.41, 5.74) is 0.435. The molecular weight excluding hydrogens is 308 g/mol. The molecule has 0 aliphatic carbocycles. The van der Waals surface area contributed by atoms with Crippen molar-refractivity contribution < 1.29 is 18.3 Å². The molecular formula is C13H16N4O4S. The minimum Gasteiger partial charge on any atom is -0.481 e. The lowest BCUT2D eigenvalue weighted by Gasteiger charge is -2.06. The number of carboxylic acids is 1. The SMILES string of the molecule is Cc1c(S(=O)(=O)NCCCC(=O)O)cnn1-c1ccccn1. The third-order valence-electron chi connectivity index (χ3n) is 2.98. The van der Waals surface area contributed by atoms with Gasteiger partial charge in [-0.05, 0) is 25.5 Å². The van der Waals surface area contributed by atoms with E-state index < -0.39 is 16.0 Å². The van der Waals surface area contributed by atoms with E-state index in [0.29, 0.717) is 11.5 Å². The minimum atomic E-state index is -3.73. The van der Waals surface area contributed by atoms with Crippen LogP contribution in [0.2, 0.25) is 0 Å². The lowest BCUT2D eigenvalue weighted by molar-refractivity contribution is -0.137. The molecule has 8 nitrogen and oxygen atoms in total. The highest BCUT2D eigenvalue weighted by Gasteiger charge is 2.21. The van der Waals surface area contributed by atoms with Crippen molar-refractivity contribution in [2.75, 3.05) is 6.54 Å². The summed E-state index contributed by atoms with van der Waals surface area (Å²) in [6.45, 7) is 1.69. The Kier molecular flexibility index (Phi) is 4.88. The van der Waals surface area contributed by atoms with E-state index in [1.54, 1.807) is 31.3 Å². The van der Waals surface area contributed by atoms with E-state index >= 15 is 0 Å². The second-order valence-corrected chi connectivity index (χ2v) is 6.32. The highest BCUT2D eigenvalue weighted by Crippen LogP contribution is 2.17. The number of nitrogens with zero attached hydrogens (tertiary/aromatic N) is 3. The van der Waals surface area contributed by atoms with Gasteiger partial charge in [0.25, 0.3) is 0 Å². The molecule has 9 heteroatoms. The lowest BCUT2D eigenvalue weighted by atomic mass is 10.3. The van der Waals surface area contributed by atoms with Crippen molar-refractivity contribution in [3.8, 4) is 5.82 Å². The molecule has 2 rings (SSSR count). The van der Waals surface area contributed by atoms with Gasteiger partial charge in [-0.2, -0.15) is 5.10 Å². The molecule has 2 heterocycles. The summed E-state index contributed by atoms with van der Waals surface area (Å²) in [7, 11) is -3.73. The van der Waals surface area contributed by atoms with Gasteiger partial charge >= 0.3 is 5.97 Å². The Morgan fingerprint density at radius 3 is 2.82 bits per heavy atom. The Labute approximate surface area is 127 Å². The highest BCUT2D eigenvalue weighted by atomic mass is 32.2. The minimum absolute atomic E-state index is 0.0495. The monoisotopic (exact) mass is 324 g/mol. The summed E-state index contributed by atoms with van der Waals surface area (Å²) in [6, 6.07) is 5.25. The average Bonchev–Trinajstić information content (AvgIpc) is 2.87. The van der Waals surface area contributed by atoms with Gasteiger partial charge in [0.05, 0.1) is 11.9 Å². The quantitative estimate of drug-likeness (QED) is 0.725. The molecule has 0 aromatic carbocycles. The topological polar surface area (TPSA) is 114 Å². The van der Waals surface area contributed by atoms with Crippen LogP contribution in [0.3, 0.4) is 0 Å². The van der Waals surface area contributed by atoms with Crippen LogP contribution in [-0.4, -0.2) is 40.8 Å². The summed E-state index contributed by atoms with van der Waals surface area (Å²) in [4.78, 5) is 14.6. The van der Waals surface area contributed by atoms with Crippen LogP contribution < -0.4 is 4.72 Å². The predicted octanol–water partition coefficient (Wildman–Crippen LogP) is 0.719. The molecule has 0 spiro atoms. The van der Waals surface area contributed by atoms with Crippen molar-refractivity contribution in [1.29, 1.82) is 0 Å². The smallest absolute Gasteiger partial charge is 0.303 e. The van der Waals surface area contributed by atoms with Crippen molar-refractivity contribution in [3.05, 3.63) is 36.3 Å². The fraction of sp³-hybridized carbons (Fsp3) is 0.308. The Balaban J connectivity index is 2.15. The van der Waals surface area contributed by atoms with Gasteiger partial charge in [0.1, 0.15) is 4.90 Å². The third-order valence-corrected chi connectivity index (χ3v) is 4.54. The molecule has 2 aromatic rings. The molecule has 0 saturated heterocycles. The standard InChI is InChI=1S/C13H16N4O4S/c1-10-11(22(20,21)16-8-4-6-13(18)19)9-15-17(10)12-5-2-3-7-14-12/h2-3,5,7,9,16H,4,6,8H2,1H3,(H,18,19). The molecule has 0 bridgehead atoms. The van der Waals surface area contributed by atoms with Crippen molar-refractivity contribution >= 4 is 16.0 Å². The van der Waals surface area contributed by atoms with Crippen LogP contribution >= 0.6 is 0 Å². The summed E-state index contributed by atoms with van der Waals surface area (Å²) in [5, 5.41) is 12.6. The van der Waals surface area contributed by atoms with Crippen LogP contribution in [0, 0.1) is 6.92 Å². The Morgan fingerprint density at radius 1 is 1.41 bits per heavy atom. The molecule has 0 atom stereocenters. The third kappa shape index (κ3) is 3.68. The number of sulfonamides is 1. The van der Waals surface area contributed by atoms with Gasteiger partial charge in [0.15, 0.2) is 5.82 Å². The zero-order chi connectivity index (χ0) is 16.2. The summed E-state index contributed by atoms with van der Waals surface area (Å²) >= 11 is 0. The summed E-state index contributed by atoms with van der Waals surface area (Å²) < 4.78 is 28.2. The predicted molar refractivity (Wildman–Crippen MR) is 78.2 cm³/mol. The van der Waals surface area contributed by atoms with Crippen LogP contribution in [0.1, 0.15) is 18.5 Å². The van der Waals surface area contributed by atoms with E-state index in [1.165, 1.54) is 10.9 Å². The Morgan fingerprint density at radius 2 is 2.18 bits per heavy atom. The second kappa shape index (κ2) is 6.67. The number of nitrogens with one attached hydrogen (secondary N) is 1. The first kappa shape index (κ1) is 16.1. The number of carboxylic acid groups (broad SMARTS) is 1. The highest BCUT2D eigenvalue weighted by molar-refractivity contribution is 7.89. The Bertz CT molecular complexity index is 756. The maximum Gasteiger partial charge on any atom is 0.303 e. The van der Waals surface area contributed by atoms with Gasteiger partial charge in [0.2, 0.25) is 10.0 Å². The van der Waals surface area contributed by atoms with Crippen molar-refractivity contribution in [2.45, 2.75) is 24.7 Å². The normalized spacial score (nSPS) is 11.5. The second-order valence-electron chi connectivity index (χ2n) is 4.59. The first-order chi connectivity index (χ1) is 10.4. The van der Waals surface area contributed by atoms with Crippen LogP contribution in [-0.2, 0) is 14.8 Å². The number of hydrogen-bond donors (Lipinski definition) is 2. The number of aliphatic carboxylic acids is 1. The molecule has 0 fully saturated rings. The molecule has 0 aliphatic rings. The maximum absolute atomic E-state index is 12.2. The fourth-order valence-electron chi connectivity index (χ4n) is 1.89. The number of hydrogen-bond acceptors (Lipinski definition) is 5. The van der Waals surface area contributed by atoms with Gasteiger partial charge in [-0.1, -0.05) is 6.07 Å². The Hall–Kier alpha value is -2.26. The van der Waals surface area contributed by atoms with Crippen LogP contribution in [0.25, 0.3) is 5.82 Å². The molecule has 0 saturated carbocycles. The molecule has 22 heavy (non-hydrogen) atoms. The first-order valence-corrected chi connectivity index (χ1v) is 8.07. The average molecular weight is 324 g/mol.